The van der Waals surface area contributed by atoms with Crippen LogP contribution < -0.4 is 5.32 Å². The summed E-state index contributed by atoms with van der Waals surface area (Å²) in [5.41, 5.74) is 1.26. The monoisotopic (exact) mass is 231 g/mol. The van der Waals surface area contributed by atoms with Crippen molar-refractivity contribution in [1.82, 2.24) is 5.32 Å². The summed E-state index contributed by atoms with van der Waals surface area (Å²) in [6.07, 6.45) is -0.168. The van der Waals surface area contributed by atoms with Gasteiger partial charge in [-0.3, -0.25) is 0 Å². The molecule has 0 aliphatic carbocycles. The molecule has 1 aromatic rings. The van der Waals surface area contributed by atoms with E-state index in [-0.39, 0.29) is 18.7 Å². The zero-order valence-electron chi connectivity index (χ0n) is 9.10. The zero-order valence-corrected chi connectivity index (χ0v) is 9.92. The normalized spacial score (nSPS) is 10.1. The van der Waals surface area contributed by atoms with Crippen molar-refractivity contribution in [2.24, 2.45) is 0 Å². The number of hydrogen-bond acceptors (Lipinski definition) is 3. The van der Waals surface area contributed by atoms with Crippen molar-refractivity contribution in [1.29, 1.82) is 0 Å². The van der Waals surface area contributed by atoms with E-state index in [0.717, 1.165) is 6.54 Å². The predicted octanol–water partition coefficient (Wildman–Crippen LogP) is 1.82. The number of methoxy groups -OCH3 is 2. The summed E-state index contributed by atoms with van der Waals surface area (Å²) in [7, 11) is 3.27. The van der Waals surface area contributed by atoms with Gasteiger partial charge in [-0.05, 0) is 5.56 Å². The van der Waals surface area contributed by atoms with E-state index in [1.54, 1.807) is 14.2 Å². The number of ether oxygens (including phenoxy) is 2. The smallest absolute Gasteiger partial charge is 0.169 e. The maximum atomic E-state index is 5.05. The molecular formula is C11H18ClNO2. The van der Waals surface area contributed by atoms with Crippen LogP contribution in [0.25, 0.3) is 0 Å². The Kier molecular flexibility index (Phi) is 8.33. The van der Waals surface area contributed by atoms with Crippen LogP contribution in [0, 0.1) is 0 Å². The van der Waals surface area contributed by atoms with Crippen molar-refractivity contribution in [3.05, 3.63) is 35.9 Å². The Morgan fingerprint density at radius 3 is 2.27 bits per heavy atom. The molecule has 86 valence electrons. The first kappa shape index (κ1) is 14.4. The third-order valence-electron chi connectivity index (χ3n) is 2.01. The highest BCUT2D eigenvalue weighted by molar-refractivity contribution is 5.85. The van der Waals surface area contributed by atoms with Gasteiger partial charge in [0.2, 0.25) is 0 Å². The summed E-state index contributed by atoms with van der Waals surface area (Å²) in [6.45, 7) is 1.53. The lowest BCUT2D eigenvalue weighted by Crippen LogP contribution is -2.29. The molecule has 3 nitrogen and oxygen atoms in total. The molecule has 0 spiro atoms. The van der Waals surface area contributed by atoms with Crippen molar-refractivity contribution in [3.8, 4) is 0 Å². The summed E-state index contributed by atoms with van der Waals surface area (Å²) >= 11 is 0. The van der Waals surface area contributed by atoms with Gasteiger partial charge < -0.3 is 14.8 Å². The quantitative estimate of drug-likeness (QED) is 0.758. The van der Waals surface area contributed by atoms with E-state index in [1.165, 1.54) is 5.56 Å². The van der Waals surface area contributed by atoms with E-state index >= 15 is 0 Å². The summed E-state index contributed by atoms with van der Waals surface area (Å²) < 4.78 is 10.1. The molecule has 0 aliphatic heterocycles. The lowest BCUT2D eigenvalue weighted by molar-refractivity contribution is -0.0989. The van der Waals surface area contributed by atoms with E-state index in [0.29, 0.717) is 6.54 Å². The molecule has 0 radical (unpaired) electrons. The van der Waals surface area contributed by atoms with Gasteiger partial charge >= 0.3 is 0 Å². The minimum Gasteiger partial charge on any atom is -0.355 e. The van der Waals surface area contributed by atoms with Crippen LogP contribution >= 0.6 is 12.4 Å². The molecule has 0 aromatic heterocycles. The first-order chi connectivity index (χ1) is 6.86. The van der Waals surface area contributed by atoms with Gasteiger partial charge in [0.1, 0.15) is 0 Å². The maximum Gasteiger partial charge on any atom is 0.169 e. The molecule has 0 saturated carbocycles. The van der Waals surface area contributed by atoms with Gasteiger partial charge in [-0.1, -0.05) is 30.3 Å². The first-order valence-corrected chi connectivity index (χ1v) is 4.67. The molecule has 0 atom stereocenters. The van der Waals surface area contributed by atoms with Crippen LogP contribution in [0.1, 0.15) is 5.56 Å². The molecule has 0 saturated heterocycles. The van der Waals surface area contributed by atoms with Gasteiger partial charge in [0.25, 0.3) is 0 Å². The second kappa shape index (κ2) is 8.68. The van der Waals surface area contributed by atoms with Gasteiger partial charge in [-0.2, -0.15) is 0 Å². The van der Waals surface area contributed by atoms with Gasteiger partial charge in [-0.25, -0.2) is 0 Å². The highest BCUT2D eigenvalue weighted by atomic mass is 35.5. The fourth-order valence-corrected chi connectivity index (χ4v) is 1.19. The minimum absolute atomic E-state index is 0. The molecule has 0 amide bonds. The standard InChI is InChI=1S/C11H17NO2.ClH/c1-13-11(14-2)9-12-8-10-6-4-3-5-7-10;/h3-7,11-12H,8-9H2,1-2H3;1H. The number of nitrogens with one attached hydrogen (secondary N) is 1. The molecule has 1 N–H and O–H groups in total. The summed E-state index contributed by atoms with van der Waals surface area (Å²) in [6, 6.07) is 10.2. The van der Waals surface area contributed by atoms with Crippen molar-refractivity contribution in [2.45, 2.75) is 12.8 Å². The second-order valence-corrected chi connectivity index (χ2v) is 3.02. The lowest BCUT2D eigenvalue weighted by atomic mass is 10.2. The predicted molar refractivity (Wildman–Crippen MR) is 63.2 cm³/mol. The van der Waals surface area contributed by atoms with Gasteiger partial charge in [-0.15, -0.1) is 12.4 Å². The minimum atomic E-state index is -0.168. The van der Waals surface area contributed by atoms with Gasteiger partial charge in [0.05, 0.1) is 0 Å². The number of hydrogen-bond donors (Lipinski definition) is 1. The molecule has 4 heteroatoms. The lowest BCUT2D eigenvalue weighted by Gasteiger charge is -2.13. The molecule has 0 bridgehead atoms. The largest absolute Gasteiger partial charge is 0.355 e. The van der Waals surface area contributed by atoms with Crippen molar-refractivity contribution in [3.63, 3.8) is 0 Å². The molecule has 0 aliphatic rings. The maximum absolute atomic E-state index is 5.05. The molecule has 0 fully saturated rings. The SMILES string of the molecule is COC(CNCc1ccccc1)OC.Cl. The van der Waals surface area contributed by atoms with Gasteiger partial charge in [0, 0.05) is 27.3 Å². The van der Waals surface area contributed by atoms with E-state index in [4.69, 9.17) is 9.47 Å². The number of benzene rings is 1. The second-order valence-electron chi connectivity index (χ2n) is 3.02. The van der Waals surface area contributed by atoms with Crippen LogP contribution in [-0.4, -0.2) is 27.1 Å². The summed E-state index contributed by atoms with van der Waals surface area (Å²) in [4.78, 5) is 0. The van der Waals surface area contributed by atoms with Crippen LogP contribution in [-0.2, 0) is 16.0 Å². The topological polar surface area (TPSA) is 30.5 Å². The fourth-order valence-electron chi connectivity index (χ4n) is 1.19. The Bertz CT molecular complexity index is 240. The highest BCUT2D eigenvalue weighted by Crippen LogP contribution is 1.97. The fraction of sp³-hybridized carbons (Fsp3) is 0.455. The van der Waals surface area contributed by atoms with Crippen LogP contribution in [0.5, 0.6) is 0 Å². The number of rotatable bonds is 6. The van der Waals surface area contributed by atoms with Crippen LogP contribution in [0.3, 0.4) is 0 Å². The van der Waals surface area contributed by atoms with Crippen molar-refractivity contribution in [2.75, 3.05) is 20.8 Å². The molecule has 1 aromatic carbocycles. The van der Waals surface area contributed by atoms with Crippen LogP contribution in [0.2, 0.25) is 0 Å². The van der Waals surface area contributed by atoms with Crippen molar-refractivity contribution < 1.29 is 9.47 Å². The van der Waals surface area contributed by atoms with E-state index in [9.17, 15) is 0 Å². The van der Waals surface area contributed by atoms with Crippen molar-refractivity contribution >= 4 is 12.4 Å². The van der Waals surface area contributed by atoms with E-state index in [2.05, 4.69) is 17.4 Å². The molecule has 0 unspecified atom stereocenters. The Labute approximate surface area is 97.2 Å². The third kappa shape index (κ3) is 5.74. The van der Waals surface area contributed by atoms with Crippen LogP contribution in [0.15, 0.2) is 30.3 Å². The Balaban J connectivity index is 0.00000196. The zero-order chi connectivity index (χ0) is 10.2. The molecule has 1 rings (SSSR count). The summed E-state index contributed by atoms with van der Waals surface area (Å²) in [5.74, 6) is 0. The van der Waals surface area contributed by atoms with Crippen LogP contribution in [0.4, 0.5) is 0 Å². The van der Waals surface area contributed by atoms with E-state index in [1.807, 2.05) is 18.2 Å². The first-order valence-electron chi connectivity index (χ1n) is 4.67. The number of halogens is 1. The third-order valence-corrected chi connectivity index (χ3v) is 2.01. The Hall–Kier alpha value is -0.610. The average molecular weight is 232 g/mol. The molecular weight excluding hydrogens is 214 g/mol. The van der Waals surface area contributed by atoms with Gasteiger partial charge in [0.15, 0.2) is 6.29 Å². The molecule has 0 heterocycles. The Morgan fingerprint density at radius 1 is 1.13 bits per heavy atom. The Morgan fingerprint density at radius 2 is 1.73 bits per heavy atom. The highest BCUT2D eigenvalue weighted by Gasteiger charge is 2.02. The average Bonchev–Trinajstić information content (AvgIpc) is 2.26. The molecule has 15 heavy (non-hydrogen) atoms. The summed E-state index contributed by atoms with van der Waals surface area (Å²) in [5, 5.41) is 3.25. The van der Waals surface area contributed by atoms with E-state index < -0.39 is 0 Å².